The number of halogens is 2. The summed E-state index contributed by atoms with van der Waals surface area (Å²) in [6.45, 7) is 1.84. The molecular formula is C15H13BrClNO2. The fraction of sp³-hybridized carbons (Fsp3) is 0.133. The molecule has 5 heteroatoms. The third-order valence-corrected chi connectivity index (χ3v) is 3.57. The normalized spacial score (nSPS) is 11.9. The SMILES string of the molecule is CC(Cl)c1ccccc1NC(=O)c1cc(Br)ccc1O. The molecule has 0 radical (unpaired) electrons. The molecule has 0 saturated carbocycles. The van der Waals surface area contributed by atoms with Crippen LogP contribution in [0.3, 0.4) is 0 Å². The van der Waals surface area contributed by atoms with Gasteiger partial charge >= 0.3 is 0 Å². The molecule has 0 aromatic heterocycles. The number of phenols is 1. The third-order valence-electron chi connectivity index (χ3n) is 2.84. The van der Waals surface area contributed by atoms with E-state index in [1.54, 1.807) is 18.2 Å². The van der Waals surface area contributed by atoms with Crippen molar-refractivity contribution in [1.82, 2.24) is 0 Å². The molecule has 20 heavy (non-hydrogen) atoms. The number of carbonyl (C=O) groups is 1. The fourth-order valence-electron chi connectivity index (χ4n) is 1.84. The minimum absolute atomic E-state index is 0.0675. The van der Waals surface area contributed by atoms with Crippen LogP contribution in [0.1, 0.15) is 28.2 Å². The van der Waals surface area contributed by atoms with Crippen molar-refractivity contribution in [3.05, 3.63) is 58.1 Å². The number of hydrogen-bond acceptors (Lipinski definition) is 2. The zero-order chi connectivity index (χ0) is 14.7. The highest BCUT2D eigenvalue weighted by atomic mass is 79.9. The van der Waals surface area contributed by atoms with Gasteiger partial charge in [-0.2, -0.15) is 0 Å². The lowest BCUT2D eigenvalue weighted by molar-refractivity contribution is 0.102. The highest BCUT2D eigenvalue weighted by Crippen LogP contribution is 2.28. The Labute approximate surface area is 130 Å². The van der Waals surface area contributed by atoms with Crippen LogP contribution in [0.2, 0.25) is 0 Å². The van der Waals surface area contributed by atoms with Gasteiger partial charge in [-0.3, -0.25) is 4.79 Å². The summed E-state index contributed by atoms with van der Waals surface area (Å²) in [5.41, 5.74) is 1.67. The van der Waals surface area contributed by atoms with E-state index in [0.717, 1.165) is 10.0 Å². The average molecular weight is 355 g/mol. The van der Waals surface area contributed by atoms with Gasteiger partial charge in [0.15, 0.2) is 0 Å². The molecule has 1 atom stereocenters. The number of carbonyl (C=O) groups excluding carboxylic acids is 1. The quantitative estimate of drug-likeness (QED) is 0.784. The summed E-state index contributed by atoms with van der Waals surface area (Å²) in [7, 11) is 0. The maximum Gasteiger partial charge on any atom is 0.259 e. The van der Waals surface area contributed by atoms with E-state index in [4.69, 9.17) is 11.6 Å². The highest BCUT2D eigenvalue weighted by Gasteiger charge is 2.14. The fourth-order valence-corrected chi connectivity index (χ4v) is 2.39. The van der Waals surface area contributed by atoms with Crippen LogP contribution in [-0.2, 0) is 0 Å². The van der Waals surface area contributed by atoms with E-state index in [1.165, 1.54) is 6.07 Å². The Bertz CT molecular complexity index is 644. The number of phenolic OH excluding ortho intramolecular Hbond substituents is 1. The number of nitrogens with one attached hydrogen (secondary N) is 1. The van der Waals surface area contributed by atoms with E-state index < -0.39 is 0 Å². The smallest absolute Gasteiger partial charge is 0.259 e. The monoisotopic (exact) mass is 353 g/mol. The van der Waals surface area contributed by atoms with Gasteiger partial charge in [-0.1, -0.05) is 34.1 Å². The molecule has 104 valence electrons. The summed E-state index contributed by atoms with van der Waals surface area (Å²) < 4.78 is 0.722. The summed E-state index contributed by atoms with van der Waals surface area (Å²) in [6, 6.07) is 12.0. The van der Waals surface area contributed by atoms with Crippen LogP contribution >= 0.6 is 27.5 Å². The van der Waals surface area contributed by atoms with Gasteiger partial charge in [0.25, 0.3) is 5.91 Å². The average Bonchev–Trinajstić information content (AvgIpc) is 2.41. The number of rotatable bonds is 3. The molecule has 1 unspecified atom stereocenters. The van der Waals surface area contributed by atoms with Crippen molar-refractivity contribution in [2.75, 3.05) is 5.32 Å². The van der Waals surface area contributed by atoms with Crippen molar-refractivity contribution in [2.24, 2.45) is 0 Å². The Hall–Kier alpha value is -1.52. The Morgan fingerprint density at radius 1 is 1.30 bits per heavy atom. The van der Waals surface area contributed by atoms with Crippen LogP contribution in [-0.4, -0.2) is 11.0 Å². The summed E-state index contributed by atoms with van der Waals surface area (Å²) in [6.07, 6.45) is 0. The molecular weight excluding hydrogens is 342 g/mol. The van der Waals surface area contributed by atoms with Crippen molar-refractivity contribution in [3.8, 4) is 5.75 Å². The van der Waals surface area contributed by atoms with E-state index in [-0.39, 0.29) is 22.6 Å². The molecule has 0 aliphatic carbocycles. The van der Waals surface area contributed by atoms with E-state index >= 15 is 0 Å². The predicted molar refractivity (Wildman–Crippen MR) is 84.5 cm³/mol. The van der Waals surface area contributed by atoms with Crippen molar-refractivity contribution in [3.63, 3.8) is 0 Å². The van der Waals surface area contributed by atoms with E-state index in [0.29, 0.717) is 5.69 Å². The van der Waals surface area contributed by atoms with Gasteiger partial charge < -0.3 is 10.4 Å². The second-order valence-electron chi connectivity index (χ2n) is 4.32. The first kappa shape index (κ1) is 14.9. The van der Waals surface area contributed by atoms with Crippen LogP contribution in [0.15, 0.2) is 46.9 Å². The van der Waals surface area contributed by atoms with Crippen LogP contribution in [0.5, 0.6) is 5.75 Å². The molecule has 0 aliphatic rings. The van der Waals surface area contributed by atoms with Gasteiger partial charge in [-0.15, -0.1) is 11.6 Å². The second kappa shape index (κ2) is 6.29. The molecule has 1 amide bonds. The minimum atomic E-state index is -0.381. The number of aromatic hydroxyl groups is 1. The van der Waals surface area contributed by atoms with Crippen LogP contribution < -0.4 is 5.32 Å². The van der Waals surface area contributed by atoms with Crippen LogP contribution in [0.4, 0.5) is 5.69 Å². The predicted octanol–water partition coefficient (Wildman–Crippen LogP) is 4.71. The summed E-state index contributed by atoms with van der Waals surface area (Å²) in [4.78, 5) is 12.2. The lowest BCUT2D eigenvalue weighted by atomic mass is 10.1. The maximum atomic E-state index is 12.2. The number of benzene rings is 2. The molecule has 0 bridgehead atoms. The van der Waals surface area contributed by atoms with E-state index in [1.807, 2.05) is 25.1 Å². The molecule has 0 saturated heterocycles. The number of hydrogen-bond donors (Lipinski definition) is 2. The van der Waals surface area contributed by atoms with Crippen molar-refractivity contribution in [2.45, 2.75) is 12.3 Å². The molecule has 2 N–H and O–H groups in total. The van der Waals surface area contributed by atoms with Gasteiger partial charge in [0, 0.05) is 10.2 Å². The molecule has 0 fully saturated rings. The van der Waals surface area contributed by atoms with Crippen molar-refractivity contribution >= 4 is 39.1 Å². The Balaban J connectivity index is 2.31. The Morgan fingerprint density at radius 3 is 2.70 bits per heavy atom. The minimum Gasteiger partial charge on any atom is -0.507 e. The molecule has 0 spiro atoms. The standard InChI is InChI=1S/C15H13BrClNO2/c1-9(17)11-4-2-3-5-13(11)18-15(20)12-8-10(16)6-7-14(12)19/h2-9,19H,1H3,(H,18,20). The van der Waals surface area contributed by atoms with E-state index in [2.05, 4.69) is 21.2 Å². The zero-order valence-corrected chi connectivity index (χ0v) is 13.1. The molecule has 0 aliphatic heterocycles. The van der Waals surface area contributed by atoms with Gasteiger partial charge in [0.1, 0.15) is 5.75 Å². The van der Waals surface area contributed by atoms with E-state index in [9.17, 15) is 9.90 Å². The number of anilines is 1. The van der Waals surface area contributed by atoms with Crippen LogP contribution in [0.25, 0.3) is 0 Å². The maximum absolute atomic E-state index is 12.2. The lowest BCUT2D eigenvalue weighted by Crippen LogP contribution is -2.13. The first-order chi connectivity index (χ1) is 9.49. The topological polar surface area (TPSA) is 49.3 Å². The first-order valence-electron chi connectivity index (χ1n) is 6.02. The van der Waals surface area contributed by atoms with Gasteiger partial charge in [-0.25, -0.2) is 0 Å². The summed E-state index contributed by atoms with van der Waals surface area (Å²) in [5, 5.41) is 12.3. The molecule has 2 rings (SSSR count). The molecule has 3 nitrogen and oxygen atoms in total. The summed E-state index contributed by atoms with van der Waals surface area (Å²) in [5.74, 6) is -0.448. The zero-order valence-electron chi connectivity index (χ0n) is 10.7. The highest BCUT2D eigenvalue weighted by molar-refractivity contribution is 9.10. The largest absolute Gasteiger partial charge is 0.507 e. The van der Waals surface area contributed by atoms with Gasteiger partial charge in [0.2, 0.25) is 0 Å². The number of alkyl halides is 1. The second-order valence-corrected chi connectivity index (χ2v) is 5.89. The van der Waals surface area contributed by atoms with Gasteiger partial charge in [0.05, 0.1) is 10.9 Å². The van der Waals surface area contributed by atoms with Crippen LogP contribution in [0, 0.1) is 0 Å². The van der Waals surface area contributed by atoms with Crippen molar-refractivity contribution in [1.29, 1.82) is 0 Å². The molecule has 0 heterocycles. The number of amides is 1. The molecule has 2 aromatic rings. The number of para-hydroxylation sites is 1. The summed E-state index contributed by atoms with van der Waals surface area (Å²) >= 11 is 9.36. The Kier molecular flexibility index (Phi) is 4.68. The third kappa shape index (κ3) is 3.32. The van der Waals surface area contributed by atoms with Crippen molar-refractivity contribution < 1.29 is 9.90 Å². The Morgan fingerprint density at radius 2 is 2.00 bits per heavy atom. The van der Waals surface area contributed by atoms with Gasteiger partial charge in [-0.05, 0) is 36.8 Å². The first-order valence-corrected chi connectivity index (χ1v) is 7.25. The molecule has 2 aromatic carbocycles. The lowest BCUT2D eigenvalue weighted by Gasteiger charge is -2.13.